The lowest BCUT2D eigenvalue weighted by atomic mass is 10.1. The molecule has 0 aliphatic carbocycles. The van der Waals surface area contributed by atoms with Crippen LogP contribution in [0.1, 0.15) is 25.8 Å². The third kappa shape index (κ3) is 5.33. The van der Waals surface area contributed by atoms with Crippen LogP contribution in [0.2, 0.25) is 0 Å². The van der Waals surface area contributed by atoms with Crippen LogP contribution in [0, 0.1) is 5.92 Å². The molecule has 2 heteroatoms. The van der Waals surface area contributed by atoms with Crippen LogP contribution in [0.4, 0.5) is 0 Å². The first-order valence-corrected chi connectivity index (χ1v) is 6.67. The highest BCUT2D eigenvalue weighted by atomic mass is 79.9. The second-order valence-electron chi connectivity index (χ2n) is 4.35. The normalized spacial score (nSPS) is 13.1. The molecule has 15 heavy (non-hydrogen) atoms. The number of hydrogen-bond donors (Lipinski definition) is 1. The van der Waals surface area contributed by atoms with Gasteiger partial charge in [-0.2, -0.15) is 0 Å². The van der Waals surface area contributed by atoms with Gasteiger partial charge < -0.3 is 5.32 Å². The van der Waals surface area contributed by atoms with Gasteiger partial charge in [-0.3, -0.25) is 0 Å². The van der Waals surface area contributed by atoms with Crippen molar-refractivity contribution in [2.45, 2.75) is 32.9 Å². The summed E-state index contributed by atoms with van der Waals surface area (Å²) in [7, 11) is 0. The molecule has 0 saturated carbocycles. The Kier molecular flexibility index (Phi) is 5.96. The van der Waals surface area contributed by atoms with E-state index in [2.05, 4.69) is 65.4 Å². The van der Waals surface area contributed by atoms with Crippen LogP contribution in [0.25, 0.3) is 0 Å². The number of hydrogen-bond acceptors (Lipinski definition) is 1. The predicted octanol–water partition coefficient (Wildman–Crippen LogP) is 3.59. The molecule has 0 aromatic heterocycles. The molecule has 1 N–H and O–H groups in total. The summed E-state index contributed by atoms with van der Waals surface area (Å²) in [5.74, 6) is 0.746. The average Bonchev–Trinajstić information content (AvgIpc) is 2.25. The van der Waals surface area contributed by atoms with E-state index < -0.39 is 0 Å². The van der Waals surface area contributed by atoms with Gasteiger partial charge in [0, 0.05) is 17.9 Å². The van der Waals surface area contributed by atoms with E-state index in [1.807, 2.05) is 0 Å². The van der Waals surface area contributed by atoms with Crippen LogP contribution in [0.15, 0.2) is 30.3 Å². The molecule has 1 aromatic rings. The molecule has 0 aliphatic heterocycles. The van der Waals surface area contributed by atoms with Crippen molar-refractivity contribution < 1.29 is 0 Å². The summed E-state index contributed by atoms with van der Waals surface area (Å²) < 4.78 is 0. The zero-order valence-electron chi connectivity index (χ0n) is 9.54. The van der Waals surface area contributed by atoms with E-state index in [1.54, 1.807) is 0 Å². The quantitative estimate of drug-likeness (QED) is 0.779. The molecule has 0 saturated heterocycles. The third-order valence-electron chi connectivity index (χ3n) is 2.38. The zero-order valence-corrected chi connectivity index (χ0v) is 11.1. The SMILES string of the molecule is CC(C)CC(CBr)NCc1ccccc1. The standard InChI is InChI=1S/C13H20BrN/c1-11(2)8-13(9-14)15-10-12-6-4-3-5-7-12/h3-7,11,13,15H,8-10H2,1-2H3. The molecule has 1 nitrogen and oxygen atoms in total. The Morgan fingerprint density at radius 3 is 2.40 bits per heavy atom. The molecule has 1 unspecified atom stereocenters. The summed E-state index contributed by atoms with van der Waals surface area (Å²) in [4.78, 5) is 0. The maximum absolute atomic E-state index is 3.57. The highest BCUT2D eigenvalue weighted by molar-refractivity contribution is 9.09. The maximum Gasteiger partial charge on any atom is 0.0208 e. The smallest absolute Gasteiger partial charge is 0.0208 e. The van der Waals surface area contributed by atoms with E-state index in [0.29, 0.717) is 6.04 Å². The highest BCUT2D eigenvalue weighted by Gasteiger charge is 2.08. The topological polar surface area (TPSA) is 12.0 Å². The van der Waals surface area contributed by atoms with Gasteiger partial charge in [0.15, 0.2) is 0 Å². The van der Waals surface area contributed by atoms with Crippen molar-refractivity contribution in [3.63, 3.8) is 0 Å². The van der Waals surface area contributed by atoms with Crippen molar-refractivity contribution >= 4 is 15.9 Å². The minimum absolute atomic E-state index is 0.574. The lowest BCUT2D eigenvalue weighted by Crippen LogP contribution is -2.31. The van der Waals surface area contributed by atoms with E-state index in [1.165, 1.54) is 12.0 Å². The Balaban J connectivity index is 2.34. The summed E-state index contributed by atoms with van der Waals surface area (Å²) >= 11 is 3.56. The first kappa shape index (κ1) is 12.7. The highest BCUT2D eigenvalue weighted by Crippen LogP contribution is 2.08. The molecular formula is C13H20BrN. The van der Waals surface area contributed by atoms with Crippen molar-refractivity contribution in [1.82, 2.24) is 5.32 Å². The second kappa shape index (κ2) is 7.02. The lowest BCUT2D eigenvalue weighted by Gasteiger charge is -2.18. The van der Waals surface area contributed by atoms with Gasteiger partial charge in [0.05, 0.1) is 0 Å². The van der Waals surface area contributed by atoms with Crippen LogP contribution in [-0.2, 0) is 6.54 Å². The number of halogens is 1. The number of benzene rings is 1. The third-order valence-corrected chi connectivity index (χ3v) is 3.16. The molecule has 0 amide bonds. The Bertz CT molecular complexity index is 258. The van der Waals surface area contributed by atoms with Crippen molar-refractivity contribution in [3.05, 3.63) is 35.9 Å². The van der Waals surface area contributed by atoms with Crippen LogP contribution >= 0.6 is 15.9 Å². The molecule has 0 bridgehead atoms. The Morgan fingerprint density at radius 2 is 1.87 bits per heavy atom. The number of rotatable bonds is 6. The molecular weight excluding hydrogens is 250 g/mol. The van der Waals surface area contributed by atoms with Gasteiger partial charge in [0.25, 0.3) is 0 Å². The Hall–Kier alpha value is -0.340. The molecule has 1 atom stereocenters. The van der Waals surface area contributed by atoms with Crippen LogP contribution in [0.3, 0.4) is 0 Å². The first-order chi connectivity index (χ1) is 7.22. The van der Waals surface area contributed by atoms with Crippen molar-refractivity contribution in [2.75, 3.05) is 5.33 Å². The molecule has 1 rings (SSSR count). The van der Waals surface area contributed by atoms with Crippen molar-refractivity contribution in [3.8, 4) is 0 Å². The van der Waals surface area contributed by atoms with Gasteiger partial charge in [0.1, 0.15) is 0 Å². The van der Waals surface area contributed by atoms with Crippen LogP contribution in [0.5, 0.6) is 0 Å². The molecule has 0 radical (unpaired) electrons. The molecule has 84 valence electrons. The number of nitrogens with one attached hydrogen (secondary N) is 1. The van der Waals surface area contributed by atoms with Crippen molar-refractivity contribution in [2.24, 2.45) is 5.92 Å². The number of alkyl halides is 1. The van der Waals surface area contributed by atoms with Gasteiger partial charge in [-0.1, -0.05) is 60.1 Å². The van der Waals surface area contributed by atoms with Gasteiger partial charge in [-0.15, -0.1) is 0 Å². The largest absolute Gasteiger partial charge is 0.309 e. The maximum atomic E-state index is 3.57. The average molecular weight is 270 g/mol. The van der Waals surface area contributed by atoms with Gasteiger partial charge in [0.2, 0.25) is 0 Å². The zero-order chi connectivity index (χ0) is 11.1. The molecule has 0 heterocycles. The van der Waals surface area contributed by atoms with Crippen molar-refractivity contribution in [1.29, 1.82) is 0 Å². The molecule has 1 aromatic carbocycles. The second-order valence-corrected chi connectivity index (χ2v) is 4.99. The van der Waals surface area contributed by atoms with Gasteiger partial charge >= 0.3 is 0 Å². The minimum atomic E-state index is 0.574. The molecule has 0 fully saturated rings. The van der Waals surface area contributed by atoms with E-state index in [-0.39, 0.29) is 0 Å². The monoisotopic (exact) mass is 269 g/mol. The van der Waals surface area contributed by atoms with E-state index in [4.69, 9.17) is 0 Å². The molecule has 0 spiro atoms. The van der Waals surface area contributed by atoms with Gasteiger partial charge in [-0.25, -0.2) is 0 Å². The van der Waals surface area contributed by atoms with E-state index >= 15 is 0 Å². The fourth-order valence-corrected chi connectivity index (χ4v) is 2.12. The van der Waals surface area contributed by atoms with Gasteiger partial charge in [-0.05, 0) is 17.9 Å². The summed E-state index contributed by atoms with van der Waals surface area (Å²) in [5.41, 5.74) is 1.35. The summed E-state index contributed by atoms with van der Waals surface area (Å²) in [6, 6.07) is 11.1. The lowest BCUT2D eigenvalue weighted by molar-refractivity contribution is 0.448. The fraction of sp³-hybridized carbons (Fsp3) is 0.538. The fourth-order valence-electron chi connectivity index (χ4n) is 1.63. The minimum Gasteiger partial charge on any atom is -0.309 e. The summed E-state index contributed by atoms with van der Waals surface area (Å²) in [6.07, 6.45) is 1.22. The Morgan fingerprint density at radius 1 is 1.20 bits per heavy atom. The van der Waals surface area contributed by atoms with E-state index in [0.717, 1.165) is 17.8 Å². The molecule has 0 aliphatic rings. The van der Waals surface area contributed by atoms with Crippen LogP contribution < -0.4 is 5.32 Å². The van der Waals surface area contributed by atoms with E-state index in [9.17, 15) is 0 Å². The predicted molar refractivity (Wildman–Crippen MR) is 70.3 cm³/mol. The summed E-state index contributed by atoms with van der Waals surface area (Å²) in [6.45, 7) is 5.49. The summed E-state index contributed by atoms with van der Waals surface area (Å²) in [5, 5.41) is 4.60. The first-order valence-electron chi connectivity index (χ1n) is 5.55. The van der Waals surface area contributed by atoms with Crippen LogP contribution in [-0.4, -0.2) is 11.4 Å². The Labute approximate surface area is 101 Å².